The third-order valence-corrected chi connectivity index (χ3v) is 4.95. The molecule has 0 saturated heterocycles. The Morgan fingerprint density at radius 3 is 2.69 bits per heavy atom. The van der Waals surface area contributed by atoms with Crippen LogP contribution in [0.15, 0.2) is 29.4 Å². The van der Waals surface area contributed by atoms with Gasteiger partial charge in [-0.3, -0.25) is 9.39 Å². The zero-order valence-corrected chi connectivity index (χ0v) is 20.7. The summed E-state index contributed by atoms with van der Waals surface area (Å²) < 4.78 is 2.05. The molecule has 1 unspecified atom stereocenters. The van der Waals surface area contributed by atoms with E-state index in [4.69, 9.17) is 4.99 Å². The van der Waals surface area contributed by atoms with Gasteiger partial charge in [0.15, 0.2) is 11.6 Å². The molecule has 1 atom stereocenters. The second kappa shape index (κ2) is 14.5. The number of hydrogen-bond acceptors (Lipinski definition) is 4. The Labute approximate surface area is 192 Å². The number of aromatic nitrogens is 3. The van der Waals surface area contributed by atoms with Gasteiger partial charge in [-0.15, -0.1) is 34.2 Å². The Balaban J connectivity index is 0.00000420. The van der Waals surface area contributed by atoms with E-state index < -0.39 is 0 Å². The van der Waals surface area contributed by atoms with E-state index in [0.717, 1.165) is 62.9 Å². The highest BCUT2D eigenvalue weighted by Gasteiger charge is 2.07. The summed E-state index contributed by atoms with van der Waals surface area (Å²) in [4.78, 5) is 7.21. The normalized spacial score (nSPS) is 12.8. The van der Waals surface area contributed by atoms with Gasteiger partial charge >= 0.3 is 0 Å². The van der Waals surface area contributed by atoms with Gasteiger partial charge in [0.05, 0.1) is 0 Å². The minimum Gasteiger partial charge on any atom is -0.357 e. The zero-order valence-electron chi connectivity index (χ0n) is 18.4. The average molecular weight is 515 g/mol. The number of aliphatic imine (C=N–C) groups is 1. The highest BCUT2D eigenvalue weighted by atomic mass is 127. The third-order valence-electron chi connectivity index (χ3n) is 4.95. The molecule has 164 valence electrons. The third kappa shape index (κ3) is 8.86. The summed E-state index contributed by atoms with van der Waals surface area (Å²) in [5, 5.41) is 15.4. The molecule has 0 spiro atoms. The first-order valence-electron chi connectivity index (χ1n) is 10.7. The molecule has 2 aromatic rings. The van der Waals surface area contributed by atoms with Gasteiger partial charge in [0.25, 0.3) is 0 Å². The smallest absolute Gasteiger partial charge is 0.191 e. The summed E-state index contributed by atoms with van der Waals surface area (Å²) in [7, 11) is 0. The summed E-state index contributed by atoms with van der Waals surface area (Å²) in [5.41, 5.74) is 0.898. The van der Waals surface area contributed by atoms with Crippen LogP contribution in [0.5, 0.6) is 0 Å². The molecular formula is C21H38IN7. The van der Waals surface area contributed by atoms with Crippen molar-refractivity contribution in [2.45, 2.75) is 59.4 Å². The van der Waals surface area contributed by atoms with Crippen molar-refractivity contribution in [3.05, 3.63) is 30.2 Å². The fourth-order valence-electron chi connectivity index (χ4n) is 3.28. The Morgan fingerprint density at radius 2 is 1.97 bits per heavy atom. The molecule has 0 aromatic carbocycles. The Morgan fingerprint density at radius 1 is 1.17 bits per heavy atom. The number of halogens is 1. The van der Waals surface area contributed by atoms with Crippen LogP contribution in [0.3, 0.4) is 0 Å². The molecule has 0 saturated carbocycles. The summed E-state index contributed by atoms with van der Waals surface area (Å²) in [6.45, 7) is 13.8. The van der Waals surface area contributed by atoms with Crippen LogP contribution in [0.1, 0.15) is 52.8 Å². The molecule has 0 radical (unpaired) electrons. The monoisotopic (exact) mass is 515 g/mol. The lowest BCUT2D eigenvalue weighted by Crippen LogP contribution is -2.42. The molecule has 0 fully saturated rings. The molecule has 2 rings (SSSR count). The van der Waals surface area contributed by atoms with E-state index in [2.05, 4.69) is 53.4 Å². The van der Waals surface area contributed by atoms with Gasteiger partial charge in [-0.1, -0.05) is 19.9 Å². The van der Waals surface area contributed by atoms with Crippen molar-refractivity contribution in [1.29, 1.82) is 0 Å². The van der Waals surface area contributed by atoms with Crippen molar-refractivity contribution in [1.82, 2.24) is 30.1 Å². The lowest BCUT2D eigenvalue weighted by molar-refractivity contribution is 0.292. The predicted octanol–water partition coefficient (Wildman–Crippen LogP) is 3.35. The average Bonchev–Trinajstić information content (AvgIpc) is 3.12. The van der Waals surface area contributed by atoms with Gasteiger partial charge in [-0.2, -0.15) is 0 Å². The van der Waals surface area contributed by atoms with Crippen LogP contribution in [0.25, 0.3) is 5.65 Å². The summed E-state index contributed by atoms with van der Waals surface area (Å²) in [6, 6.07) is 6.38. The largest absolute Gasteiger partial charge is 0.357 e. The molecule has 0 aliphatic carbocycles. The van der Waals surface area contributed by atoms with Gasteiger partial charge in [0.2, 0.25) is 0 Å². The van der Waals surface area contributed by atoms with E-state index in [1.807, 2.05) is 28.8 Å². The van der Waals surface area contributed by atoms with Crippen LogP contribution in [0.4, 0.5) is 0 Å². The molecule has 29 heavy (non-hydrogen) atoms. The number of fused-ring (bicyclic) bond motifs is 1. The second-order valence-electron chi connectivity index (χ2n) is 7.12. The van der Waals surface area contributed by atoms with Crippen LogP contribution in [0.2, 0.25) is 0 Å². The molecule has 0 aliphatic heterocycles. The van der Waals surface area contributed by atoms with Crippen molar-refractivity contribution >= 4 is 35.6 Å². The van der Waals surface area contributed by atoms with Crippen LogP contribution in [-0.4, -0.2) is 64.2 Å². The number of guanidine groups is 1. The number of aryl methyl sites for hydroxylation is 1. The maximum absolute atomic E-state index is 4.74. The second-order valence-corrected chi connectivity index (χ2v) is 7.12. The Kier molecular flexibility index (Phi) is 12.8. The number of hydrogen-bond donors (Lipinski definition) is 2. The van der Waals surface area contributed by atoms with E-state index in [1.165, 1.54) is 13.0 Å². The van der Waals surface area contributed by atoms with Crippen molar-refractivity contribution < 1.29 is 0 Å². The fraction of sp³-hybridized carbons (Fsp3) is 0.667. The van der Waals surface area contributed by atoms with Crippen LogP contribution >= 0.6 is 24.0 Å². The first-order chi connectivity index (χ1) is 13.7. The zero-order chi connectivity index (χ0) is 20.2. The van der Waals surface area contributed by atoms with Crippen molar-refractivity contribution in [2.75, 3.05) is 32.7 Å². The number of rotatable bonds is 12. The molecule has 0 aliphatic rings. The lowest BCUT2D eigenvalue weighted by Gasteiger charge is -2.21. The van der Waals surface area contributed by atoms with Gasteiger partial charge < -0.3 is 15.5 Å². The van der Waals surface area contributed by atoms with Gasteiger partial charge in [-0.25, -0.2) is 0 Å². The number of nitrogens with zero attached hydrogens (tertiary/aromatic N) is 5. The molecule has 0 bridgehead atoms. The Bertz CT molecular complexity index is 712. The topological polar surface area (TPSA) is 69.8 Å². The van der Waals surface area contributed by atoms with E-state index >= 15 is 0 Å². The highest BCUT2D eigenvalue weighted by molar-refractivity contribution is 14.0. The minimum atomic E-state index is 0. The van der Waals surface area contributed by atoms with Crippen LogP contribution in [-0.2, 0) is 6.42 Å². The Hall–Kier alpha value is -1.42. The highest BCUT2D eigenvalue weighted by Crippen LogP contribution is 2.05. The summed E-state index contributed by atoms with van der Waals surface area (Å²) in [6.07, 6.45) is 6.18. The molecule has 0 amide bonds. The minimum absolute atomic E-state index is 0. The quantitative estimate of drug-likeness (QED) is 0.197. The van der Waals surface area contributed by atoms with Gasteiger partial charge in [0.1, 0.15) is 5.82 Å². The first kappa shape index (κ1) is 25.6. The maximum atomic E-state index is 4.74. The van der Waals surface area contributed by atoms with Gasteiger partial charge in [-0.05, 0) is 64.9 Å². The molecule has 8 heteroatoms. The maximum Gasteiger partial charge on any atom is 0.191 e. The molecule has 7 nitrogen and oxygen atoms in total. The van der Waals surface area contributed by atoms with Crippen molar-refractivity contribution in [2.24, 2.45) is 4.99 Å². The SMILES string of the molecule is CCNC(=NCCCc1nnc2ccccn12)NC(C)CCCN(CC)CC.I. The summed E-state index contributed by atoms with van der Waals surface area (Å²) in [5.74, 6) is 1.90. The van der Waals surface area contributed by atoms with Crippen molar-refractivity contribution in [3.63, 3.8) is 0 Å². The molecule has 2 aromatic heterocycles. The van der Waals surface area contributed by atoms with E-state index in [0.29, 0.717) is 6.04 Å². The molecule has 2 N–H and O–H groups in total. The van der Waals surface area contributed by atoms with E-state index in [1.54, 1.807) is 0 Å². The van der Waals surface area contributed by atoms with E-state index in [-0.39, 0.29) is 24.0 Å². The number of pyridine rings is 1. The fourth-order valence-corrected chi connectivity index (χ4v) is 3.28. The molecule has 2 heterocycles. The van der Waals surface area contributed by atoms with E-state index in [9.17, 15) is 0 Å². The standard InChI is InChI=1S/C21H37N7.HI/c1-5-22-21(24-18(4)12-11-16-27(6-2)7-3)23-15-10-14-20-26-25-19-13-8-9-17-28(19)20;/h8-9,13,17-18H,5-7,10-12,14-16H2,1-4H3,(H2,22,23,24);1H. The number of nitrogens with one attached hydrogen (secondary N) is 2. The summed E-state index contributed by atoms with van der Waals surface area (Å²) >= 11 is 0. The molecular weight excluding hydrogens is 477 g/mol. The predicted molar refractivity (Wildman–Crippen MR) is 132 cm³/mol. The lowest BCUT2D eigenvalue weighted by atomic mass is 10.2. The first-order valence-corrected chi connectivity index (χ1v) is 10.7. The van der Waals surface area contributed by atoms with Crippen LogP contribution < -0.4 is 10.6 Å². The van der Waals surface area contributed by atoms with Gasteiger partial charge in [0, 0.05) is 31.7 Å². The van der Waals surface area contributed by atoms with Crippen molar-refractivity contribution in [3.8, 4) is 0 Å². The van der Waals surface area contributed by atoms with Crippen LogP contribution in [0, 0.1) is 0 Å².